The number of rotatable bonds is 2. The lowest BCUT2D eigenvalue weighted by atomic mass is 10.2. The van der Waals surface area contributed by atoms with Gasteiger partial charge in [0.2, 0.25) is 12.7 Å². The Hall–Kier alpha value is -3.20. The van der Waals surface area contributed by atoms with Crippen molar-refractivity contribution in [2.45, 2.75) is 0 Å². The number of hydrogen-bond donors (Lipinski definition) is 2. The average Bonchev–Trinajstić information content (AvgIpc) is 3.09. The van der Waals surface area contributed by atoms with Crippen molar-refractivity contribution in [3.63, 3.8) is 0 Å². The lowest BCUT2D eigenvalue weighted by molar-refractivity contribution is 0.174. The first-order valence-corrected chi connectivity index (χ1v) is 6.38. The van der Waals surface area contributed by atoms with E-state index in [2.05, 4.69) is 21.4 Å². The van der Waals surface area contributed by atoms with Gasteiger partial charge >= 0.3 is 0 Å². The number of hydrogen-bond acceptors (Lipinski definition) is 5. The van der Waals surface area contributed by atoms with E-state index in [1.54, 1.807) is 12.1 Å². The molecule has 0 radical (unpaired) electrons. The normalized spacial score (nSPS) is 12.3. The minimum atomic E-state index is 0.244. The number of anilines is 2. The zero-order chi connectivity index (χ0) is 14.2. The van der Waals surface area contributed by atoms with E-state index in [1.807, 2.05) is 24.3 Å². The second-order valence-corrected chi connectivity index (χ2v) is 4.63. The Bertz CT molecular complexity index is 838. The summed E-state index contributed by atoms with van der Waals surface area (Å²) in [4.78, 5) is 7.63. The van der Waals surface area contributed by atoms with Crippen molar-refractivity contribution < 1.29 is 9.47 Å². The maximum atomic E-state index is 8.91. The van der Waals surface area contributed by atoms with Crippen molar-refractivity contribution in [2.75, 3.05) is 12.1 Å². The van der Waals surface area contributed by atoms with Crippen LogP contribution < -0.4 is 14.8 Å². The molecule has 0 fully saturated rings. The van der Waals surface area contributed by atoms with Gasteiger partial charge in [0.25, 0.3) is 0 Å². The molecule has 2 aromatic carbocycles. The third-order valence-corrected chi connectivity index (χ3v) is 3.23. The number of nitrogens with zero attached hydrogens (tertiary/aromatic N) is 2. The first-order valence-electron chi connectivity index (χ1n) is 6.38. The molecule has 1 aliphatic rings. The molecule has 0 bridgehead atoms. The van der Waals surface area contributed by atoms with E-state index in [0.29, 0.717) is 23.0 Å². The molecule has 2 heterocycles. The minimum Gasteiger partial charge on any atom is -0.454 e. The van der Waals surface area contributed by atoms with Crippen molar-refractivity contribution in [2.24, 2.45) is 0 Å². The monoisotopic (exact) mass is 278 g/mol. The van der Waals surface area contributed by atoms with E-state index in [1.165, 1.54) is 0 Å². The molecular weight excluding hydrogens is 268 g/mol. The summed E-state index contributed by atoms with van der Waals surface area (Å²) in [5.74, 6) is 2.01. The van der Waals surface area contributed by atoms with Crippen LogP contribution in [-0.2, 0) is 0 Å². The highest BCUT2D eigenvalue weighted by atomic mass is 16.7. The second-order valence-electron chi connectivity index (χ2n) is 4.63. The van der Waals surface area contributed by atoms with Gasteiger partial charge in [0, 0.05) is 17.8 Å². The van der Waals surface area contributed by atoms with Crippen LogP contribution in [0.5, 0.6) is 11.5 Å². The van der Waals surface area contributed by atoms with Gasteiger partial charge in [-0.05, 0) is 18.2 Å². The largest absolute Gasteiger partial charge is 0.454 e. The molecule has 0 amide bonds. The molecule has 0 saturated carbocycles. The average molecular weight is 278 g/mol. The van der Waals surface area contributed by atoms with Crippen LogP contribution in [0.1, 0.15) is 5.56 Å². The van der Waals surface area contributed by atoms with Crippen LogP contribution in [0.25, 0.3) is 11.0 Å². The van der Waals surface area contributed by atoms with Crippen LogP contribution in [0.2, 0.25) is 0 Å². The zero-order valence-corrected chi connectivity index (χ0v) is 10.9. The van der Waals surface area contributed by atoms with Gasteiger partial charge in [-0.2, -0.15) is 5.26 Å². The number of imidazole rings is 1. The maximum Gasteiger partial charge on any atom is 0.231 e. The Morgan fingerprint density at radius 2 is 2.05 bits per heavy atom. The van der Waals surface area contributed by atoms with E-state index in [4.69, 9.17) is 14.7 Å². The molecule has 21 heavy (non-hydrogen) atoms. The highest BCUT2D eigenvalue weighted by molar-refractivity contribution is 5.82. The van der Waals surface area contributed by atoms with Crippen LogP contribution in [0, 0.1) is 11.3 Å². The van der Waals surface area contributed by atoms with Crippen LogP contribution in [0.15, 0.2) is 36.4 Å². The Kier molecular flexibility index (Phi) is 2.44. The predicted molar refractivity (Wildman–Crippen MR) is 76.7 cm³/mol. The first kappa shape index (κ1) is 11.6. The van der Waals surface area contributed by atoms with Gasteiger partial charge < -0.3 is 19.8 Å². The molecule has 6 nitrogen and oxygen atoms in total. The molecule has 0 atom stereocenters. The lowest BCUT2D eigenvalue weighted by Crippen LogP contribution is -1.93. The number of aromatic nitrogens is 2. The summed E-state index contributed by atoms with van der Waals surface area (Å²) in [7, 11) is 0. The molecule has 0 spiro atoms. The second kappa shape index (κ2) is 4.42. The Morgan fingerprint density at radius 3 is 2.90 bits per heavy atom. The molecule has 0 aliphatic carbocycles. The van der Waals surface area contributed by atoms with Crippen molar-refractivity contribution in [1.29, 1.82) is 5.26 Å². The number of aromatic amines is 1. The van der Waals surface area contributed by atoms with Crippen LogP contribution in [0.3, 0.4) is 0 Å². The molecule has 4 rings (SSSR count). The summed E-state index contributed by atoms with van der Waals surface area (Å²) in [5.41, 5.74) is 3.04. The molecule has 0 unspecified atom stereocenters. The van der Waals surface area contributed by atoms with E-state index in [0.717, 1.165) is 16.7 Å². The molecule has 0 saturated heterocycles. The molecule has 102 valence electrons. The number of ether oxygens (including phenoxy) is 2. The van der Waals surface area contributed by atoms with E-state index in [-0.39, 0.29) is 6.79 Å². The predicted octanol–water partition coefficient (Wildman–Crippen LogP) is 2.91. The topological polar surface area (TPSA) is 83.0 Å². The SMILES string of the molecule is N#Cc1cccc(Nc2nc3cc4c(cc3[nH]2)OCO4)c1. The smallest absolute Gasteiger partial charge is 0.231 e. The van der Waals surface area contributed by atoms with Crippen LogP contribution in [0.4, 0.5) is 11.6 Å². The summed E-state index contributed by atoms with van der Waals surface area (Å²) in [6.07, 6.45) is 0. The summed E-state index contributed by atoms with van der Waals surface area (Å²) in [6.45, 7) is 0.244. The highest BCUT2D eigenvalue weighted by Gasteiger charge is 2.16. The number of benzene rings is 2. The van der Waals surface area contributed by atoms with Gasteiger partial charge in [-0.25, -0.2) is 4.98 Å². The fourth-order valence-corrected chi connectivity index (χ4v) is 2.26. The van der Waals surface area contributed by atoms with Gasteiger partial charge in [-0.15, -0.1) is 0 Å². The standard InChI is InChI=1S/C15H10N4O2/c16-7-9-2-1-3-10(4-9)17-15-18-11-5-13-14(21-8-20-13)6-12(11)19-15/h1-6H,8H2,(H2,17,18,19). The Morgan fingerprint density at radius 1 is 1.19 bits per heavy atom. The van der Waals surface area contributed by atoms with Crippen LogP contribution >= 0.6 is 0 Å². The Labute approximate surface area is 119 Å². The van der Waals surface area contributed by atoms with Gasteiger partial charge in [0.1, 0.15) is 0 Å². The molecule has 1 aliphatic heterocycles. The van der Waals surface area contributed by atoms with Gasteiger partial charge in [-0.3, -0.25) is 0 Å². The van der Waals surface area contributed by atoms with Gasteiger partial charge in [-0.1, -0.05) is 6.07 Å². The third kappa shape index (κ3) is 2.01. The molecular formula is C15H10N4O2. The molecule has 3 aromatic rings. The number of H-pyrrole nitrogens is 1. The number of nitriles is 1. The van der Waals surface area contributed by atoms with E-state index < -0.39 is 0 Å². The molecule has 1 aromatic heterocycles. The van der Waals surface area contributed by atoms with Gasteiger partial charge in [0.15, 0.2) is 11.5 Å². The van der Waals surface area contributed by atoms with Crippen molar-refractivity contribution in [3.8, 4) is 17.6 Å². The minimum absolute atomic E-state index is 0.244. The summed E-state index contributed by atoms with van der Waals surface area (Å²) in [6, 6.07) is 13.0. The van der Waals surface area contributed by atoms with Crippen molar-refractivity contribution in [1.82, 2.24) is 9.97 Å². The van der Waals surface area contributed by atoms with E-state index in [9.17, 15) is 0 Å². The summed E-state index contributed by atoms with van der Waals surface area (Å²) >= 11 is 0. The quantitative estimate of drug-likeness (QED) is 0.753. The zero-order valence-electron chi connectivity index (χ0n) is 10.9. The van der Waals surface area contributed by atoms with Gasteiger partial charge in [0.05, 0.1) is 22.7 Å². The number of nitrogens with one attached hydrogen (secondary N) is 2. The highest BCUT2D eigenvalue weighted by Crippen LogP contribution is 2.35. The van der Waals surface area contributed by atoms with E-state index >= 15 is 0 Å². The number of fused-ring (bicyclic) bond motifs is 2. The fraction of sp³-hybridized carbons (Fsp3) is 0.0667. The maximum absolute atomic E-state index is 8.91. The Balaban J connectivity index is 1.69. The molecule has 6 heteroatoms. The third-order valence-electron chi connectivity index (χ3n) is 3.23. The fourth-order valence-electron chi connectivity index (χ4n) is 2.26. The molecule has 2 N–H and O–H groups in total. The first-order chi connectivity index (χ1) is 10.3. The van der Waals surface area contributed by atoms with Crippen molar-refractivity contribution >= 4 is 22.7 Å². The summed E-state index contributed by atoms with van der Waals surface area (Å²) < 4.78 is 10.7. The summed E-state index contributed by atoms with van der Waals surface area (Å²) in [5, 5.41) is 12.1. The van der Waals surface area contributed by atoms with Crippen molar-refractivity contribution in [3.05, 3.63) is 42.0 Å². The van der Waals surface area contributed by atoms with Crippen LogP contribution in [-0.4, -0.2) is 16.8 Å². The lowest BCUT2D eigenvalue weighted by Gasteiger charge is -2.02.